The first-order valence-corrected chi connectivity index (χ1v) is 10.1. The Morgan fingerprint density at radius 3 is 2.83 bits per heavy atom. The summed E-state index contributed by atoms with van der Waals surface area (Å²) in [5.74, 6) is -2.90. The zero-order chi connectivity index (χ0) is 21.1. The van der Waals surface area contributed by atoms with Gasteiger partial charge < -0.3 is 19.8 Å². The van der Waals surface area contributed by atoms with Gasteiger partial charge in [-0.1, -0.05) is 43.3 Å². The molecule has 2 N–H and O–H groups in total. The predicted molar refractivity (Wildman–Crippen MR) is 111 cm³/mol. The molecule has 2 aromatic carbocycles. The maximum absolute atomic E-state index is 14.1. The first-order chi connectivity index (χ1) is 14.5. The number of rotatable bonds is 6. The van der Waals surface area contributed by atoms with Gasteiger partial charge >= 0.3 is 0 Å². The van der Waals surface area contributed by atoms with Gasteiger partial charge in [-0.15, -0.1) is 0 Å². The van der Waals surface area contributed by atoms with Crippen molar-refractivity contribution in [2.24, 2.45) is 0 Å². The van der Waals surface area contributed by atoms with E-state index >= 15 is 0 Å². The molecule has 1 amide bonds. The van der Waals surface area contributed by atoms with E-state index in [2.05, 4.69) is 10.6 Å². The van der Waals surface area contributed by atoms with Gasteiger partial charge in [0, 0.05) is 16.5 Å². The van der Waals surface area contributed by atoms with E-state index in [1.807, 2.05) is 49.4 Å². The second kappa shape index (κ2) is 8.44. The Morgan fingerprint density at radius 1 is 1.23 bits per heavy atom. The van der Waals surface area contributed by atoms with E-state index in [9.17, 15) is 13.6 Å². The van der Waals surface area contributed by atoms with Crippen LogP contribution in [0.2, 0.25) is 0 Å². The Bertz CT molecular complexity index is 1050. The molecule has 158 valence electrons. The number of furan rings is 1. The predicted octanol–water partition coefficient (Wildman–Crippen LogP) is 4.62. The molecule has 1 fully saturated rings. The second-order valence-electron chi connectivity index (χ2n) is 7.43. The molecule has 0 bridgehead atoms. The van der Waals surface area contributed by atoms with E-state index in [4.69, 9.17) is 9.15 Å². The highest BCUT2D eigenvalue weighted by molar-refractivity contribution is 6.00. The maximum atomic E-state index is 14.1. The highest BCUT2D eigenvalue weighted by atomic mass is 19.3. The molecule has 4 rings (SSSR count). The summed E-state index contributed by atoms with van der Waals surface area (Å²) >= 11 is 0. The van der Waals surface area contributed by atoms with Crippen LogP contribution in [0.5, 0.6) is 5.75 Å². The fourth-order valence-corrected chi connectivity index (χ4v) is 3.66. The minimum atomic E-state index is -3.00. The highest BCUT2D eigenvalue weighted by Crippen LogP contribution is 2.36. The molecule has 0 radical (unpaired) electrons. The van der Waals surface area contributed by atoms with E-state index in [1.165, 1.54) is 0 Å². The fraction of sp³-hybridized carbons (Fsp3) is 0.348. The molecule has 0 aliphatic carbocycles. The Hall–Kier alpha value is -2.93. The second-order valence-corrected chi connectivity index (χ2v) is 7.43. The van der Waals surface area contributed by atoms with Gasteiger partial charge in [0.2, 0.25) is 0 Å². The van der Waals surface area contributed by atoms with Crippen LogP contribution in [-0.4, -0.2) is 37.6 Å². The summed E-state index contributed by atoms with van der Waals surface area (Å²) in [6.07, 6.45) is 1.04. The molecule has 1 aromatic heterocycles. The number of halogens is 2. The van der Waals surface area contributed by atoms with Crippen LogP contribution in [0.25, 0.3) is 22.1 Å². The van der Waals surface area contributed by atoms with Crippen molar-refractivity contribution >= 4 is 16.9 Å². The standard InChI is InChI=1S/C23H24F2N2O3/c1-2-12-29-18-9-4-3-7-16(18)17-8-5-6-15-13-19(30-21(15)17)22(28)27-20-10-11-26-14-23(20,24)25/h3-9,13,20,26H,2,10-12,14H2,1H3,(H,27,28)/t20-/m0/s1. The number of piperidine rings is 1. The van der Waals surface area contributed by atoms with Crippen molar-refractivity contribution in [3.05, 3.63) is 54.3 Å². The van der Waals surface area contributed by atoms with Crippen molar-refractivity contribution in [3.63, 3.8) is 0 Å². The van der Waals surface area contributed by atoms with Crippen molar-refractivity contribution in [2.75, 3.05) is 19.7 Å². The van der Waals surface area contributed by atoms with Gasteiger partial charge in [-0.3, -0.25) is 4.79 Å². The highest BCUT2D eigenvalue weighted by Gasteiger charge is 2.42. The van der Waals surface area contributed by atoms with Crippen LogP contribution in [0.4, 0.5) is 8.78 Å². The molecular weight excluding hydrogens is 390 g/mol. The number of carbonyl (C=O) groups excluding carboxylic acids is 1. The van der Waals surface area contributed by atoms with Crippen LogP contribution >= 0.6 is 0 Å². The van der Waals surface area contributed by atoms with Crippen LogP contribution in [0.3, 0.4) is 0 Å². The number of para-hydroxylation sites is 2. The largest absolute Gasteiger partial charge is 0.493 e. The smallest absolute Gasteiger partial charge is 0.287 e. The van der Waals surface area contributed by atoms with Crippen molar-refractivity contribution in [1.29, 1.82) is 0 Å². The fourth-order valence-electron chi connectivity index (χ4n) is 3.66. The summed E-state index contributed by atoms with van der Waals surface area (Å²) in [4.78, 5) is 12.6. The zero-order valence-electron chi connectivity index (χ0n) is 16.7. The molecule has 1 aliphatic heterocycles. The molecule has 1 aliphatic rings. The van der Waals surface area contributed by atoms with Gasteiger partial charge in [-0.25, -0.2) is 8.78 Å². The van der Waals surface area contributed by atoms with Crippen LogP contribution in [-0.2, 0) is 0 Å². The van der Waals surface area contributed by atoms with Crippen LogP contribution < -0.4 is 15.4 Å². The van der Waals surface area contributed by atoms with Gasteiger partial charge in [0.15, 0.2) is 5.76 Å². The van der Waals surface area contributed by atoms with E-state index in [0.717, 1.165) is 28.7 Å². The van der Waals surface area contributed by atoms with Crippen LogP contribution in [0.1, 0.15) is 30.3 Å². The lowest BCUT2D eigenvalue weighted by Gasteiger charge is -2.32. The normalized spacial score (nSPS) is 18.3. The third-order valence-electron chi connectivity index (χ3n) is 5.19. The van der Waals surface area contributed by atoms with Crippen molar-refractivity contribution in [1.82, 2.24) is 10.6 Å². The molecule has 7 heteroatoms. The lowest BCUT2D eigenvalue weighted by molar-refractivity contribution is -0.0489. The molecular formula is C23H24F2N2O3. The number of alkyl halides is 2. The Labute approximate surface area is 173 Å². The molecule has 2 heterocycles. The summed E-state index contributed by atoms with van der Waals surface area (Å²) < 4.78 is 39.8. The summed E-state index contributed by atoms with van der Waals surface area (Å²) in [5, 5.41) is 5.81. The molecule has 30 heavy (non-hydrogen) atoms. The monoisotopic (exact) mass is 414 g/mol. The lowest BCUT2D eigenvalue weighted by atomic mass is 10.0. The average molecular weight is 414 g/mol. The van der Waals surface area contributed by atoms with Crippen molar-refractivity contribution in [2.45, 2.75) is 31.7 Å². The van der Waals surface area contributed by atoms with Gasteiger partial charge in [0.1, 0.15) is 11.3 Å². The minimum Gasteiger partial charge on any atom is -0.493 e. The van der Waals surface area contributed by atoms with E-state index in [0.29, 0.717) is 18.7 Å². The summed E-state index contributed by atoms with van der Waals surface area (Å²) in [6, 6.07) is 13.6. The quantitative estimate of drug-likeness (QED) is 0.618. The number of fused-ring (bicyclic) bond motifs is 1. The number of hydrogen-bond donors (Lipinski definition) is 2. The number of benzene rings is 2. The number of hydrogen-bond acceptors (Lipinski definition) is 4. The topological polar surface area (TPSA) is 63.5 Å². The average Bonchev–Trinajstić information content (AvgIpc) is 3.18. The van der Waals surface area contributed by atoms with Gasteiger partial charge in [0.05, 0.1) is 19.2 Å². The molecule has 3 aromatic rings. The van der Waals surface area contributed by atoms with E-state index in [-0.39, 0.29) is 12.2 Å². The molecule has 0 unspecified atom stereocenters. The Kier molecular flexibility index (Phi) is 5.72. The van der Waals surface area contributed by atoms with Gasteiger partial charge in [-0.05, 0) is 31.5 Å². The van der Waals surface area contributed by atoms with Crippen LogP contribution in [0.15, 0.2) is 52.9 Å². The number of amides is 1. The first kappa shape index (κ1) is 20.3. The van der Waals surface area contributed by atoms with Crippen molar-refractivity contribution in [3.8, 4) is 16.9 Å². The van der Waals surface area contributed by atoms with Gasteiger partial charge in [0.25, 0.3) is 11.8 Å². The molecule has 1 atom stereocenters. The third kappa shape index (κ3) is 4.03. The SMILES string of the molecule is CCCOc1ccccc1-c1cccc2cc(C(=O)N[C@H]3CCNCC3(F)F)oc12. The molecule has 0 spiro atoms. The zero-order valence-corrected chi connectivity index (χ0v) is 16.7. The third-order valence-corrected chi connectivity index (χ3v) is 5.19. The lowest BCUT2D eigenvalue weighted by Crippen LogP contribution is -2.57. The summed E-state index contributed by atoms with van der Waals surface area (Å²) in [7, 11) is 0. The summed E-state index contributed by atoms with van der Waals surface area (Å²) in [5.41, 5.74) is 2.15. The molecule has 1 saturated heterocycles. The van der Waals surface area contributed by atoms with E-state index < -0.39 is 24.4 Å². The molecule has 5 nitrogen and oxygen atoms in total. The number of nitrogens with one attached hydrogen (secondary N) is 2. The van der Waals surface area contributed by atoms with E-state index in [1.54, 1.807) is 6.07 Å². The Balaban J connectivity index is 1.65. The number of carbonyl (C=O) groups is 1. The minimum absolute atomic E-state index is 0.0127. The van der Waals surface area contributed by atoms with Gasteiger partial charge in [-0.2, -0.15) is 0 Å². The maximum Gasteiger partial charge on any atom is 0.287 e. The van der Waals surface area contributed by atoms with Crippen LogP contribution in [0, 0.1) is 0 Å². The molecule has 0 saturated carbocycles. The number of ether oxygens (including phenoxy) is 1. The van der Waals surface area contributed by atoms with Crippen molar-refractivity contribution < 1.29 is 22.7 Å². The summed E-state index contributed by atoms with van der Waals surface area (Å²) in [6.45, 7) is 2.60. The first-order valence-electron chi connectivity index (χ1n) is 10.1. The Morgan fingerprint density at radius 2 is 2.03 bits per heavy atom.